The molecule has 4 nitrogen and oxygen atoms in total. The van der Waals surface area contributed by atoms with Gasteiger partial charge in [-0.1, -0.05) is 30.7 Å². The van der Waals surface area contributed by atoms with Crippen molar-refractivity contribution in [1.82, 2.24) is 4.90 Å². The monoisotopic (exact) mass is 295 g/mol. The average Bonchev–Trinajstić information content (AvgIpc) is 2.43. The molecule has 1 aromatic carbocycles. The van der Waals surface area contributed by atoms with Crippen molar-refractivity contribution in [2.75, 3.05) is 31.5 Å². The molecule has 1 aliphatic rings. The third kappa shape index (κ3) is 3.95. The Morgan fingerprint density at radius 1 is 1.50 bits per heavy atom. The molecule has 20 heavy (non-hydrogen) atoms. The van der Waals surface area contributed by atoms with E-state index in [0.717, 1.165) is 19.5 Å². The smallest absolute Gasteiger partial charge is 0.238 e. The van der Waals surface area contributed by atoms with Gasteiger partial charge in [0.15, 0.2) is 0 Å². The maximum absolute atomic E-state index is 12.1. The van der Waals surface area contributed by atoms with Gasteiger partial charge < -0.3 is 11.1 Å². The summed E-state index contributed by atoms with van der Waals surface area (Å²) < 4.78 is 0. The van der Waals surface area contributed by atoms with Gasteiger partial charge in [0.2, 0.25) is 5.91 Å². The highest BCUT2D eigenvalue weighted by molar-refractivity contribution is 6.33. The Balaban J connectivity index is 1.87. The first-order valence-corrected chi connectivity index (χ1v) is 7.44. The third-order valence-electron chi connectivity index (χ3n) is 4.02. The van der Waals surface area contributed by atoms with E-state index in [2.05, 4.69) is 17.1 Å². The molecule has 1 amide bonds. The topological polar surface area (TPSA) is 58.4 Å². The van der Waals surface area contributed by atoms with Crippen LogP contribution in [-0.4, -0.2) is 37.0 Å². The molecule has 1 fully saturated rings. The van der Waals surface area contributed by atoms with Crippen molar-refractivity contribution in [2.45, 2.75) is 13.3 Å². The van der Waals surface area contributed by atoms with Crippen LogP contribution in [0, 0.1) is 11.8 Å². The Hall–Kier alpha value is -1.10. The second-order valence-electron chi connectivity index (χ2n) is 5.52. The van der Waals surface area contributed by atoms with Crippen LogP contribution in [0.1, 0.15) is 13.3 Å². The minimum Gasteiger partial charge on any atom is -0.330 e. The first-order valence-electron chi connectivity index (χ1n) is 7.07. The van der Waals surface area contributed by atoms with E-state index in [1.165, 1.54) is 0 Å². The summed E-state index contributed by atoms with van der Waals surface area (Å²) in [5, 5.41) is 3.42. The van der Waals surface area contributed by atoms with E-state index in [9.17, 15) is 4.79 Å². The molecule has 0 bridgehead atoms. The van der Waals surface area contributed by atoms with E-state index in [1.54, 1.807) is 12.1 Å². The Morgan fingerprint density at radius 3 is 2.95 bits per heavy atom. The van der Waals surface area contributed by atoms with Gasteiger partial charge in [0.25, 0.3) is 0 Å². The number of anilines is 1. The molecule has 110 valence electrons. The molecule has 3 N–H and O–H groups in total. The molecule has 0 aliphatic carbocycles. The average molecular weight is 296 g/mol. The fourth-order valence-corrected chi connectivity index (χ4v) is 2.81. The third-order valence-corrected chi connectivity index (χ3v) is 4.35. The van der Waals surface area contributed by atoms with E-state index in [0.29, 0.717) is 35.6 Å². The molecule has 1 saturated heterocycles. The van der Waals surface area contributed by atoms with Gasteiger partial charge in [0.1, 0.15) is 0 Å². The lowest BCUT2D eigenvalue weighted by Gasteiger charge is -2.36. The highest BCUT2D eigenvalue weighted by atomic mass is 35.5. The number of para-hydroxylation sites is 1. The molecule has 1 heterocycles. The molecular weight excluding hydrogens is 274 g/mol. The van der Waals surface area contributed by atoms with Crippen LogP contribution in [-0.2, 0) is 4.79 Å². The molecule has 5 heteroatoms. The summed E-state index contributed by atoms with van der Waals surface area (Å²) >= 11 is 6.03. The number of nitrogens with two attached hydrogens (primary N) is 1. The second-order valence-corrected chi connectivity index (χ2v) is 5.93. The van der Waals surface area contributed by atoms with Gasteiger partial charge in [-0.3, -0.25) is 9.69 Å². The summed E-state index contributed by atoms with van der Waals surface area (Å²) in [6, 6.07) is 7.27. The molecule has 1 aliphatic heterocycles. The van der Waals surface area contributed by atoms with Gasteiger partial charge >= 0.3 is 0 Å². The van der Waals surface area contributed by atoms with E-state index < -0.39 is 0 Å². The second kappa shape index (κ2) is 7.07. The molecule has 0 spiro atoms. The first kappa shape index (κ1) is 15.3. The van der Waals surface area contributed by atoms with Crippen molar-refractivity contribution in [1.29, 1.82) is 0 Å². The van der Waals surface area contributed by atoms with Gasteiger partial charge in [-0.25, -0.2) is 0 Å². The summed E-state index contributed by atoms with van der Waals surface area (Å²) in [7, 11) is 0. The van der Waals surface area contributed by atoms with Gasteiger partial charge in [-0.05, 0) is 43.5 Å². The van der Waals surface area contributed by atoms with Gasteiger partial charge in [-0.2, -0.15) is 0 Å². The zero-order chi connectivity index (χ0) is 14.5. The summed E-state index contributed by atoms with van der Waals surface area (Å²) in [6.07, 6.45) is 1.10. The number of hydrogen-bond donors (Lipinski definition) is 2. The zero-order valence-corrected chi connectivity index (χ0v) is 12.6. The van der Waals surface area contributed by atoms with Gasteiger partial charge in [0, 0.05) is 6.54 Å². The van der Waals surface area contributed by atoms with Crippen molar-refractivity contribution in [3.05, 3.63) is 29.3 Å². The number of carbonyl (C=O) groups excluding carboxylic acids is 1. The Labute approximate surface area is 125 Å². The number of nitrogens with one attached hydrogen (secondary N) is 1. The minimum absolute atomic E-state index is 0.0246. The van der Waals surface area contributed by atoms with Crippen LogP contribution >= 0.6 is 11.6 Å². The van der Waals surface area contributed by atoms with Crippen LogP contribution in [0.3, 0.4) is 0 Å². The molecule has 0 aromatic heterocycles. The number of halogens is 1. The van der Waals surface area contributed by atoms with Crippen molar-refractivity contribution in [3.8, 4) is 0 Å². The fraction of sp³-hybridized carbons (Fsp3) is 0.533. The number of amides is 1. The Kier molecular flexibility index (Phi) is 5.40. The lowest BCUT2D eigenvalue weighted by molar-refractivity contribution is -0.117. The number of carbonyl (C=O) groups is 1. The first-order chi connectivity index (χ1) is 9.60. The number of likely N-dealkylation sites (tertiary alicyclic amines) is 1. The largest absolute Gasteiger partial charge is 0.330 e. The number of nitrogens with zero attached hydrogens (tertiary/aromatic N) is 1. The van der Waals surface area contributed by atoms with Crippen LogP contribution in [0.15, 0.2) is 24.3 Å². The molecule has 0 saturated carbocycles. The highest BCUT2D eigenvalue weighted by Crippen LogP contribution is 2.23. The maximum atomic E-state index is 12.1. The SMILES string of the molecule is CC1CCN(CC(=O)Nc2ccccc2Cl)CC1CN. The quantitative estimate of drug-likeness (QED) is 0.895. The standard InChI is InChI=1S/C15H22ClN3O/c1-11-6-7-19(9-12(11)8-17)10-15(20)18-14-5-3-2-4-13(14)16/h2-5,11-12H,6-10,17H2,1H3,(H,18,20). The van der Waals surface area contributed by atoms with E-state index in [1.807, 2.05) is 12.1 Å². The maximum Gasteiger partial charge on any atom is 0.238 e. The van der Waals surface area contributed by atoms with Crippen LogP contribution in [0.25, 0.3) is 0 Å². The summed E-state index contributed by atoms with van der Waals surface area (Å²) in [5.41, 5.74) is 6.45. The molecule has 2 unspecified atom stereocenters. The number of rotatable bonds is 4. The van der Waals surface area contributed by atoms with E-state index in [4.69, 9.17) is 17.3 Å². The van der Waals surface area contributed by atoms with E-state index >= 15 is 0 Å². The van der Waals surface area contributed by atoms with Crippen molar-refractivity contribution < 1.29 is 4.79 Å². The van der Waals surface area contributed by atoms with Crippen molar-refractivity contribution in [2.24, 2.45) is 17.6 Å². The van der Waals surface area contributed by atoms with Gasteiger partial charge in [0.05, 0.1) is 17.3 Å². The normalized spacial score (nSPS) is 23.6. The predicted octanol–water partition coefficient (Wildman–Crippen LogP) is 2.20. The molecule has 1 aromatic rings. The lowest BCUT2D eigenvalue weighted by Crippen LogP contribution is -2.45. The van der Waals surface area contributed by atoms with Gasteiger partial charge in [-0.15, -0.1) is 0 Å². The molecule has 2 atom stereocenters. The van der Waals surface area contributed by atoms with E-state index in [-0.39, 0.29) is 5.91 Å². The molecule has 0 radical (unpaired) electrons. The predicted molar refractivity (Wildman–Crippen MR) is 82.8 cm³/mol. The zero-order valence-electron chi connectivity index (χ0n) is 11.8. The van der Waals surface area contributed by atoms with Crippen LogP contribution < -0.4 is 11.1 Å². The number of benzene rings is 1. The van der Waals surface area contributed by atoms with Crippen LogP contribution in [0.5, 0.6) is 0 Å². The van der Waals surface area contributed by atoms with Crippen molar-refractivity contribution in [3.63, 3.8) is 0 Å². The summed E-state index contributed by atoms with van der Waals surface area (Å²) in [5.74, 6) is 1.10. The molecule has 2 rings (SSSR count). The lowest BCUT2D eigenvalue weighted by atomic mass is 9.87. The van der Waals surface area contributed by atoms with Crippen molar-refractivity contribution >= 4 is 23.2 Å². The molecular formula is C15H22ClN3O. The number of hydrogen-bond acceptors (Lipinski definition) is 3. The highest BCUT2D eigenvalue weighted by Gasteiger charge is 2.26. The summed E-state index contributed by atoms with van der Waals surface area (Å²) in [4.78, 5) is 14.2. The fourth-order valence-electron chi connectivity index (χ4n) is 2.63. The Bertz CT molecular complexity index is 466. The van der Waals surface area contributed by atoms with Crippen LogP contribution in [0.2, 0.25) is 5.02 Å². The summed E-state index contributed by atoms with van der Waals surface area (Å²) in [6.45, 7) is 5.16. The Morgan fingerprint density at radius 2 is 2.25 bits per heavy atom. The number of piperidine rings is 1. The minimum atomic E-state index is -0.0246. The van der Waals surface area contributed by atoms with Crippen LogP contribution in [0.4, 0.5) is 5.69 Å².